The van der Waals surface area contributed by atoms with Crippen molar-refractivity contribution in [2.24, 2.45) is 0 Å². The van der Waals surface area contributed by atoms with Gasteiger partial charge in [-0.3, -0.25) is 9.10 Å². The number of amides is 1. The van der Waals surface area contributed by atoms with Gasteiger partial charge in [0.15, 0.2) is 0 Å². The maximum Gasteiger partial charge on any atom is 0.251 e. The van der Waals surface area contributed by atoms with Crippen LogP contribution in [0.4, 0.5) is 5.69 Å². The third-order valence-electron chi connectivity index (χ3n) is 5.21. The number of fused-ring (bicyclic) bond motifs is 1. The molecule has 0 radical (unpaired) electrons. The van der Waals surface area contributed by atoms with E-state index in [0.717, 1.165) is 24.7 Å². The Morgan fingerprint density at radius 3 is 2.30 bits per heavy atom. The molecule has 144 valence electrons. The molecular formula is C21H26N2O3S. The quantitative estimate of drug-likeness (QED) is 0.856. The fraction of sp³-hybridized carbons (Fsp3) is 0.381. The van der Waals surface area contributed by atoms with Gasteiger partial charge in [-0.25, -0.2) is 8.42 Å². The summed E-state index contributed by atoms with van der Waals surface area (Å²) in [5, 5.41) is 3.03. The van der Waals surface area contributed by atoms with E-state index in [1.807, 2.05) is 6.92 Å². The highest BCUT2D eigenvalue weighted by molar-refractivity contribution is 7.92. The van der Waals surface area contributed by atoms with Gasteiger partial charge in [0.25, 0.3) is 5.91 Å². The van der Waals surface area contributed by atoms with Gasteiger partial charge in [0.1, 0.15) is 0 Å². The number of nitrogens with zero attached hydrogens (tertiary/aromatic N) is 1. The van der Waals surface area contributed by atoms with Gasteiger partial charge in [-0.15, -0.1) is 0 Å². The molecule has 2 aromatic carbocycles. The molecule has 0 fully saturated rings. The highest BCUT2D eigenvalue weighted by Gasteiger charge is 2.16. The first kappa shape index (κ1) is 19.4. The maximum atomic E-state index is 12.6. The lowest BCUT2D eigenvalue weighted by atomic mass is 9.89. The second-order valence-corrected chi connectivity index (χ2v) is 9.22. The molecular weight excluding hydrogens is 360 g/mol. The van der Waals surface area contributed by atoms with E-state index in [4.69, 9.17) is 0 Å². The predicted octanol–water partition coefficient (Wildman–Crippen LogP) is 3.45. The lowest BCUT2D eigenvalue weighted by molar-refractivity contribution is 0.0940. The normalized spacial score (nSPS) is 14.9. The van der Waals surface area contributed by atoms with Gasteiger partial charge in [-0.1, -0.05) is 18.2 Å². The molecule has 1 amide bonds. The Bertz CT molecular complexity index is 936. The summed E-state index contributed by atoms with van der Waals surface area (Å²) in [6, 6.07) is 13.0. The van der Waals surface area contributed by atoms with E-state index < -0.39 is 10.0 Å². The van der Waals surface area contributed by atoms with Crippen molar-refractivity contribution in [3.8, 4) is 0 Å². The molecule has 1 atom stereocenters. The molecule has 0 aliphatic heterocycles. The Kier molecular flexibility index (Phi) is 5.56. The molecule has 6 heteroatoms. The standard InChI is InChI=1S/C21H26N2O3S/c1-15(18-9-8-16-6-4-5-7-19(16)14-18)22-21(24)17-10-12-20(13-11-17)23(2)27(3,25)26/h8-15H,4-7H2,1-3H3,(H,22,24)/t15-/m0/s1. The van der Waals surface area contributed by atoms with Gasteiger partial charge in [0.05, 0.1) is 18.0 Å². The number of nitrogens with one attached hydrogen (secondary N) is 1. The first-order valence-corrected chi connectivity index (χ1v) is 11.1. The van der Waals surface area contributed by atoms with E-state index in [0.29, 0.717) is 11.3 Å². The number of sulfonamides is 1. The monoisotopic (exact) mass is 386 g/mol. The number of benzene rings is 2. The topological polar surface area (TPSA) is 66.5 Å². The van der Waals surface area contributed by atoms with Crippen LogP contribution in [-0.2, 0) is 22.9 Å². The fourth-order valence-corrected chi connectivity index (χ4v) is 3.90. The van der Waals surface area contributed by atoms with Crippen molar-refractivity contribution in [3.63, 3.8) is 0 Å². The van der Waals surface area contributed by atoms with Crippen LogP contribution >= 0.6 is 0 Å². The van der Waals surface area contributed by atoms with Crippen molar-refractivity contribution in [1.82, 2.24) is 5.32 Å². The molecule has 0 saturated carbocycles. The molecule has 0 saturated heterocycles. The SMILES string of the molecule is C[C@H](NC(=O)c1ccc(N(C)S(C)(=O)=O)cc1)c1ccc2c(c1)CCCC2. The molecule has 0 aromatic heterocycles. The Morgan fingerprint density at radius 2 is 1.67 bits per heavy atom. The number of anilines is 1. The van der Waals surface area contributed by atoms with Crippen molar-refractivity contribution in [2.45, 2.75) is 38.6 Å². The molecule has 0 unspecified atom stereocenters. The summed E-state index contributed by atoms with van der Waals surface area (Å²) in [5.41, 5.74) is 4.96. The van der Waals surface area contributed by atoms with Crippen LogP contribution in [0.1, 0.15) is 52.9 Å². The summed E-state index contributed by atoms with van der Waals surface area (Å²) in [6.45, 7) is 1.98. The predicted molar refractivity (Wildman–Crippen MR) is 109 cm³/mol. The van der Waals surface area contributed by atoms with Crippen molar-refractivity contribution >= 4 is 21.6 Å². The average Bonchev–Trinajstić information content (AvgIpc) is 2.66. The third kappa shape index (κ3) is 4.50. The number of carbonyl (C=O) groups excluding carboxylic acids is 1. The van der Waals surface area contributed by atoms with Gasteiger partial charge in [0, 0.05) is 12.6 Å². The molecule has 1 N–H and O–H groups in total. The van der Waals surface area contributed by atoms with Gasteiger partial charge >= 0.3 is 0 Å². The van der Waals surface area contributed by atoms with E-state index >= 15 is 0 Å². The van der Waals surface area contributed by atoms with E-state index in [1.165, 1.54) is 35.3 Å². The maximum absolute atomic E-state index is 12.6. The van der Waals surface area contributed by atoms with E-state index in [2.05, 4.69) is 23.5 Å². The second-order valence-electron chi connectivity index (χ2n) is 7.21. The van der Waals surface area contributed by atoms with Crippen molar-refractivity contribution in [1.29, 1.82) is 0 Å². The smallest absolute Gasteiger partial charge is 0.251 e. The number of hydrogen-bond donors (Lipinski definition) is 1. The largest absolute Gasteiger partial charge is 0.346 e. The Balaban J connectivity index is 1.69. The number of hydrogen-bond acceptors (Lipinski definition) is 3. The second kappa shape index (κ2) is 7.72. The molecule has 2 aromatic rings. The van der Waals surface area contributed by atoms with Gasteiger partial charge < -0.3 is 5.32 Å². The molecule has 3 rings (SSSR count). The Labute approximate surface area is 161 Å². The minimum absolute atomic E-state index is 0.0944. The van der Waals surface area contributed by atoms with Crippen LogP contribution in [0.3, 0.4) is 0 Å². The first-order valence-electron chi connectivity index (χ1n) is 9.22. The lowest BCUT2D eigenvalue weighted by Crippen LogP contribution is -2.27. The van der Waals surface area contributed by atoms with E-state index in [-0.39, 0.29) is 11.9 Å². The fourth-order valence-electron chi connectivity index (χ4n) is 3.40. The van der Waals surface area contributed by atoms with Crippen LogP contribution in [0.5, 0.6) is 0 Å². The zero-order valence-corrected chi connectivity index (χ0v) is 16.8. The average molecular weight is 387 g/mol. The van der Waals surface area contributed by atoms with E-state index in [9.17, 15) is 13.2 Å². The minimum Gasteiger partial charge on any atom is -0.346 e. The Hall–Kier alpha value is -2.34. The van der Waals surface area contributed by atoms with Crippen LogP contribution in [0.2, 0.25) is 0 Å². The van der Waals surface area contributed by atoms with Crippen LogP contribution in [-0.4, -0.2) is 27.6 Å². The summed E-state index contributed by atoms with van der Waals surface area (Å²) in [5.74, 6) is -0.172. The highest BCUT2D eigenvalue weighted by atomic mass is 32.2. The van der Waals surface area contributed by atoms with Crippen LogP contribution in [0.15, 0.2) is 42.5 Å². The first-order chi connectivity index (χ1) is 12.8. The van der Waals surface area contributed by atoms with Crippen LogP contribution < -0.4 is 9.62 Å². The van der Waals surface area contributed by atoms with Crippen molar-refractivity contribution < 1.29 is 13.2 Å². The van der Waals surface area contributed by atoms with Crippen LogP contribution in [0.25, 0.3) is 0 Å². The molecule has 0 spiro atoms. The lowest BCUT2D eigenvalue weighted by Gasteiger charge is -2.20. The number of rotatable bonds is 5. The zero-order chi connectivity index (χ0) is 19.6. The molecule has 1 aliphatic rings. The summed E-state index contributed by atoms with van der Waals surface area (Å²) >= 11 is 0. The van der Waals surface area contributed by atoms with Crippen LogP contribution in [0, 0.1) is 0 Å². The van der Waals surface area contributed by atoms with E-state index in [1.54, 1.807) is 24.3 Å². The molecule has 5 nitrogen and oxygen atoms in total. The molecule has 1 aliphatic carbocycles. The molecule has 0 bridgehead atoms. The van der Waals surface area contributed by atoms with Crippen molar-refractivity contribution in [3.05, 3.63) is 64.7 Å². The molecule has 27 heavy (non-hydrogen) atoms. The van der Waals surface area contributed by atoms with Gasteiger partial charge in [-0.05, 0) is 73.6 Å². The summed E-state index contributed by atoms with van der Waals surface area (Å²) in [7, 11) is -1.83. The number of aryl methyl sites for hydroxylation is 2. The van der Waals surface area contributed by atoms with Gasteiger partial charge in [0.2, 0.25) is 10.0 Å². The highest BCUT2D eigenvalue weighted by Crippen LogP contribution is 2.25. The van der Waals surface area contributed by atoms with Gasteiger partial charge in [-0.2, -0.15) is 0 Å². The summed E-state index contributed by atoms with van der Waals surface area (Å²) in [4.78, 5) is 12.6. The Morgan fingerprint density at radius 1 is 1.04 bits per heavy atom. The zero-order valence-electron chi connectivity index (χ0n) is 16.0. The number of carbonyl (C=O) groups is 1. The third-order valence-corrected chi connectivity index (χ3v) is 6.42. The summed E-state index contributed by atoms with van der Waals surface area (Å²) < 4.78 is 24.4. The summed E-state index contributed by atoms with van der Waals surface area (Å²) in [6.07, 6.45) is 5.88. The van der Waals surface area contributed by atoms with Crippen molar-refractivity contribution in [2.75, 3.05) is 17.6 Å². The molecule has 0 heterocycles. The minimum atomic E-state index is -3.32.